The van der Waals surface area contributed by atoms with Gasteiger partial charge in [0, 0.05) is 0 Å². The summed E-state index contributed by atoms with van der Waals surface area (Å²) in [5.74, 6) is 0. The molecule has 0 heterocycles. The molecule has 0 saturated carbocycles. The second kappa shape index (κ2) is 4.72. The summed E-state index contributed by atoms with van der Waals surface area (Å²) < 4.78 is 0. The Morgan fingerprint density at radius 2 is 2.08 bits per heavy atom. The summed E-state index contributed by atoms with van der Waals surface area (Å²) in [6.07, 6.45) is 0. The first kappa shape index (κ1) is 11.8. The van der Waals surface area contributed by atoms with Crippen LogP contribution in [0.5, 0.6) is 0 Å². The summed E-state index contributed by atoms with van der Waals surface area (Å²) >= 11 is 0. The molecule has 1 nitrogen and oxygen atoms in total. The maximum absolute atomic E-state index is 9.03. The Morgan fingerprint density at radius 3 is 2.50 bits per heavy atom. The first-order valence-electron chi connectivity index (χ1n) is 3.75. The first-order valence-corrected chi connectivity index (χ1v) is 3.75. The maximum atomic E-state index is 9.03. The van der Waals surface area contributed by atoms with E-state index >= 15 is 0 Å². The van der Waals surface area contributed by atoms with Crippen molar-refractivity contribution in [1.29, 1.82) is 0 Å². The van der Waals surface area contributed by atoms with E-state index < -0.39 is 0 Å². The third-order valence-corrected chi connectivity index (χ3v) is 1.83. The van der Waals surface area contributed by atoms with Crippen molar-refractivity contribution in [2.75, 3.05) is 6.61 Å². The molecule has 0 atom stereocenters. The van der Waals surface area contributed by atoms with Gasteiger partial charge in [-0.1, -0.05) is 13.8 Å². The van der Waals surface area contributed by atoms with Crippen LogP contribution >= 0.6 is 0 Å². The molecular weight excluding hydrogens is 143 g/mol. The molecule has 12 heavy (non-hydrogen) atoms. The predicted octanol–water partition coefficient (Wildman–Crippen LogP) is -1.24. The quantitative estimate of drug-likeness (QED) is 0.419. The second-order valence-electron chi connectivity index (χ2n) is 3.32. The third kappa shape index (κ3) is 2.68. The van der Waals surface area contributed by atoms with Crippen LogP contribution in [0.1, 0.15) is 19.4 Å². The smallest absolute Gasteiger partial charge is 0.396 e. The van der Waals surface area contributed by atoms with Gasteiger partial charge in [0.25, 0.3) is 0 Å². The van der Waals surface area contributed by atoms with E-state index in [1.165, 1.54) is 0 Å². The Balaban J connectivity index is 0.00000121. The first-order chi connectivity index (χ1) is 5.17. The molecule has 1 aromatic carbocycles. The molecule has 0 aliphatic rings. The van der Waals surface area contributed by atoms with E-state index in [2.05, 4.69) is 6.07 Å². The molecule has 0 aliphatic heterocycles. The zero-order valence-corrected chi connectivity index (χ0v) is 7.96. The zero-order valence-electron chi connectivity index (χ0n) is 7.96. The van der Waals surface area contributed by atoms with Gasteiger partial charge in [0.15, 0.2) is 0 Å². The zero-order chi connectivity index (χ0) is 8.32. The Kier molecular flexibility index (Phi) is 4.63. The minimum Gasteiger partial charge on any atom is -0.396 e. The molecule has 0 spiro atoms. The van der Waals surface area contributed by atoms with E-state index in [1.54, 1.807) is 0 Å². The van der Waals surface area contributed by atoms with Gasteiger partial charge in [-0.15, -0.1) is 0 Å². The number of hydrogen-bond donors (Lipinski definition) is 1. The standard InChI is InChI=1S/C10H13O.Li/c1-10(2,8-11)9-6-4-3-5-7-9;/h3-6,11H,8H2,1-2H3;/q-1;+1. The van der Waals surface area contributed by atoms with E-state index in [9.17, 15) is 0 Å². The summed E-state index contributed by atoms with van der Waals surface area (Å²) in [5, 5.41) is 9.03. The van der Waals surface area contributed by atoms with Gasteiger partial charge in [0.1, 0.15) is 0 Å². The van der Waals surface area contributed by atoms with Crippen LogP contribution in [0.4, 0.5) is 0 Å². The van der Waals surface area contributed by atoms with E-state index in [0.29, 0.717) is 0 Å². The van der Waals surface area contributed by atoms with Gasteiger partial charge in [-0.05, 0) is 5.41 Å². The van der Waals surface area contributed by atoms with Gasteiger partial charge in [0.05, 0.1) is 6.61 Å². The molecule has 0 bridgehead atoms. The van der Waals surface area contributed by atoms with Gasteiger partial charge >= 0.3 is 18.9 Å². The fourth-order valence-electron chi connectivity index (χ4n) is 0.899. The van der Waals surface area contributed by atoms with E-state index in [-0.39, 0.29) is 30.9 Å². The Labute approximate surface area is 86.0 Å². The van der Waals surface area contributed by atoms with Crippen molar-refractivity contribution in [1.82, 2.24) is 0 Å². The average Bonchev–Trinajstić information content (AvgIpc) is 2.06. The van der Waals surface area contributed by atoms with E-state index in [0.717, 1.165) is 5.56 Å². The average molecular weight is 156 g/mol. The Morgan fingerprint density at radius 1 is 1.42 bits per heavy atom. The topological polar surface area (TPSA) is 20.2 Å². The molecule has 2 heteroatoms. The van der Waals surface area contributed by atoms with Gasteiger partial charge in [-0.3, -0.25) is 0 Å². The van der Waals surface area contributed by atoms with Gasteiger partial charge in [-0.25, -0.2) is 0 Å². The van der Waals surface area contributed by atoms with Crippen LogP contribution in [-0.2, 0) is 5.41 Å². The maximum Gasteiger partial charge on any atom is 1.00 e. The van der Waals surface area contributed by atoms with Crippen LogP contribution < -0.4 is 18.9 Å². The Bertz CT molecular complexity index is 219. The monoisotopic (exact) mass is 156 g/mol. The van der Waals surface area contributed by atoms with Crippen molar-refractivity contribution in [3.05, 3.63) is 35.9 Å². The number of rotatable bonds is 2. The van der Waals surface area contributed by atoms with E-state index in [1.807, 2.05) is 38.1 Å². The van der Waals surface area contributed by atoms with Crippen LogP contribution in [0, 0.1) is 6.07 Å². The van der Waals surface area contributed by atoms with Crippen molar-refractivity contribution in [3.8, 4) is 0 Å². The molecule has 0 amide bonds. The second-order valence-corrected chi connectivity index (χ2v) is 3.32. The predicted molar refractivity (Wildman–Crippen MR) is 45.4 cm³/mol. The van der Waals surface area contributed by atoms with Crippen molar-refractivity contribution in [3.63, 3.8) is 0 Å². The van der Waals surface area contributed by atoms with E-state index in [4.69, 9.17) is 5.11 Å². The van der Waals surface area contributed by atoms with Crippen molar-refractivity contribution in [2.45, 2.75) is 19.3 Å². The summed E-state index contributed by atoms with van der Waals surface area (Å²) in [5.41, 5.74) is 0.892. The fourth-order valence-corrected chi connectivity index (χ4v) is 0.899. The molecule has 0 aliphatic carbocycles. The number of aliphatic hydroxyl groups is 1. The van der Waals surface area contributed by atoms with Crippen LogP contribution in [0.3, 0.4) is 0 Å². The minimum atomic E-state index is -0.165. The van der Waals surface area contributed by atoms with Crippen LogP contribution in [-0.4, -0.2) is 11.7 Å². The summed E-state index contributed by atoms with van der Waals surface area (Å²) in [6, 6.07) is 10.8. The van der Waals surface area contributed by atoms with Crippen molar-refractivity contribution in [2.24, 2.45) is 0 Å². The third-order valence-electron chi connectivity index (χ3n) is 1.83. The number of benzene rings is 1. The van der Waals surface area contributed by atoms with Gasteiger partial charge < -0.3 is 5.11 Å². The minimum absolute atomic E-state index is 0. The van der Waals surface area contributed by atoms with Crippen LogP contribution in [0.25, 0.3) is 0 Å². The van der Waals surface area contributed by atoms with Gasteiger partial charge in [-0.2, -0.15) is 35.9 Å². The molecular formula is C10H13LiO. The molecule has 1 rings (SSSR count). The summed E-state index contributed by atoms with van der Waals surface area (Å²) in [7, 11) is 0. The summed E-state index contributed by atoms with van der Waals surface area (Å²) in [4.78, 5) is 0. The Hall–Kier alpha value is -0.223. The van der Waals surface area contributed by atoms with Gasteiger partial charge in [0.2, 0.25) is 0 Å². The molecule has 0 aromatic heterocycles. The largest absolute Gasteiger partial charge is 1.00 e. The van der Waals surface area contributed by atoms with Crippen LogP contribution in [0.2, 0.25) is 0 Å². The van der Waals surface area contributed by atoms with Crippen molar-refractivity contribution < 1.29 is 24.0 Å². The molecule has 0 unspecified atom stereocenters. The molecule has 1 N–H and O–H groups in total. The fraction of sp³-hybridized carbons (Fsp3) is 0.400. The molecule has 0 radical (unpaired) electrons. The summed E-state index contributed by atoms with van der Waals surface area (Å²) in [6.45, 7) is 4.16. The number of hydrogen-bond acceptors (Lipinski definition) is 1. The normalized spacial score (nSPS) is 10.6. The number of aliphatic hydroxyl groups excluding tert-OH is 1. The molecule has 0 fully saturated rings. The molecule has 1 aromatic rings. The molecule has 0 saturated heterocycles. The van der Waals surface area contributed by atoms with Crippen LogP contribution in [0.15, 0.2) is 24.3 Å². The SMILES string of the molecule is CC(C)(CO)c1[c-]cccc1.[Li+]. The van der Waals surface area contributed by atoms with Crippen molar-refractivity contribution >= 4 is 0 Å². The molecule has 60 valence electrons.